The number of rotatable bonds is 7. The molecule has 35 heavy (non-hydrogen) atoms. The summed E-state index contributed by atoms with van der Waals surface area (Å²) in [6.07, 6.45) is 6.46. The molecule has 2 fully saturated rings. The van der Waals surface area contributed by atoms with E-state index >= 15 is 0 Å². The molecule has 2 bridgehead atoms. The van der Waals surface area contributed by atoms with Crippen molar-refractivity contribution in [3.8, 4) is 11.3 Å². The first-order chi connectivity index (χ1) is 17.0. The van der Waals surface area contributed by atoms with E-state index in [1.165, 1.54) is 5.56 Å². The number of fused-ring (bicyclic) bond motifs is 3. The largest absolute Gasteiger partial charge is 0.392 e. The maximum absolute atomic E-state index is 9.85. The van der Waals surface area contributed by atoms with E-state index in [-0.39, 0.29) is 12.1 Å². The molecule has 2 N–H and O–H groups in total. The van der Waals surface area contributed by atoms with E-state index < -0.39 is 0 Å². The van der Waals surface area contributed by atoms with Crippen molar-refractivity contribution >= 4 is 17.4 Å². The Morgan fingerprint density at radius 3 is 2.66 bits per heavy atom. The predicted octanol–water partition coefficient (Wildman–Crippen LogP) is 3.61. The molecule has 8 nitrogen and oxygen atoms in total. The number of nitrogens with one attached hydrogen (secondary N) is 1. The number of hydrogen-bond donors (Lipinski definition) is 2. The quantitative estimate of drug-likeness (QED) is 0.428. The first-order valence-electron chi connectivity index (χ1n) is 12.4. The Morgan fingerprint density at radius 1 is 1.03 bits per heavy atom. The van der Waals surface area contributed by atoms with Crippen LogP contribution in [-0.4, -0.2) is 67.2 Å². The predicted molar refractivity (Wildman–Crippen MR) is 137 cm³/mol. The van der Waals surface area contributed by atoms with Crippen LogP contribution >= 0.6 is 0 Å². The lowest BCUT2D eigenvalue weighted by Crippen LogP contribution is -2.49. The number of aliphatic hydroxyl groups excluding tert-OH is 1. The monoisotopic (exact) mass is 469 g/mol. The van der Waals surface area contributed by atoms with Crippen molar-refractivity contribution in [2.75, 3.05) is 29.9 Å². The number of hydrogen-bond acceptors (Lipinski definition) is 7. The topological polar surface area (TPSA) is 81.8 Å². The van der Waals surface area contributed by atoms with Gasteiger partial charge in [0.1, 0.15) is 11.5 Å². The van der Waals surface area contributed by atoms with Crippen LogP contribution in [0.3, 0.4) is 0 Å². The molecule has 0 saturated carbocycles. The molecular formula is C27H31N7O. The van der Waals surface area contributed by atoms with Gasteiger partial charge in [0, 0.05) is 68.0 Å². The van der Waals surface area contributed by atoms with E-state index in [2.05, 4.69) is 66.7 Å². The average Bonchev–Trinajstić information content (AvgIpc) is 3.59. The van der Waals surface area contributed by atoms with Crippen LogP contribution in [0.1, 0.15) is 31.9 Å². The number of pyridine rings is 1. The van der Waals surface area contributed by atoms with Gasteiger partial charge in [0.25, 0.3) is 0 Å². The van der Waals surface area contributed by atoms with Crippen LogP contribution in [0.4, 0.5) is 11.8 Å². The molecule has 0 aliphatic carbocycles. The van der Waals surface area contributed by atoms with Gasteiger partial charge >= 0.3 is 0 Å². The van der Waals surface area contributed by atoms with E-state index in [9.17, 15) is 5.11 Å². The average molecular weight is 470 g/mol. The minimum absolute atomic E-state index is 0.141. The van der Waals surface area contributed by atoms with Crippen molar-refractivity contribution < 1.29 is 5.11 Å². The Hall–Kier alpha value is -3.49. The molecule has 8 heteroatoms. The zero-order chi connectivity index (χ0) is 23.9. The summed E-state index contributed by atoms with van der Waals surface area (Å²) in [5.74, 6) is 1.75. The lowest BCUT2D eigenvalue weighted by Gasteiger charge is -2.35. The van der Waals surface area contributed by atoms with E-state index in [0.29, 0.717) is 12.1 Å². The summed E-state index contributed by atoms with van der Waals surface area (Å²) in [6.45, 7) is 6.61. The second-order valence-corrected chi connectivity index (χ2v) is 9.80. The van der Waals surface area contributed by atoms with Gasteiger partial charge in [0.05, 0.1) is 11.8 Å². The van der Waals surface area contributed by atoms with Crippen LogP contribution < -0.4 is 10.2 Å². The summed E-state index contributed by atoms with van der Waals surface area (Å²) in [5, 5.41) is 13.4. The highest BCUT2D eigenvalue weighted by Gasteiger charge is 2.44. The maximum atomic E-state index is 9.85. The summed E-state index contributed by atoms with van der Waals surface area (Å²) in [6, 6.07) is 17.5. The molecule has 4 atom stereocenters. The third kappa shape index (κ3) is 4.24. The molecular weight excluding hydrogens is 438 g/mol. The Labute approximate surface area is 205 Å². The normalized spacial score (nSPS) is 21.5. The standard InChI is InChI=1S/C27H31N7O/c1-18(35)15-32-16-23-13-22(32)17-34(23)27-31-24(14-26-29-10-11-33(26)27)21-8-9-28-25(12-21)30-19(2)20-6-4-3-5-7-20/h3-12,14,18-19,22-23,35H,13,15-17H2,1-2H3,(H,28,30)/t18?,19-,22?,23?/m0/s1. The number of imidazole rings is 1. The first-order valence-corrected chi connectivity index (χ1v) is 12.4. The number of β-amino-alcohol motifs (C(OH)–C–C–N with tert-alkyl or cyclic N) is 1. The van der Waals surface area contributed by atoms with Crippen LogP contribution in [0.15, 0.2) is 67.1 Å². The smallest absolute Gasteiger partial charge is 0.212 e. The van der Waals surface area contributed by atoms with Crippen LogP contribution in [-0.2, 0) is 0 Å². The molecule has 2 aliphatic heterocycles. The molecule has 4 aromatic rings. The third-order valence-electron chi connectivity index (χ3n) is 7.20. The van der Waals surface area contributed by atoms with E-state index in [1.54, 1.807) is 0 Å². The molecule has 0 radical (unpaired) electrons. The number of likely N-dealkylation sites (tertiary alicyclic amines) is 1. The first kappa shape index (κ1) is 22.0. The summed E-state index contributed by atoms with van der Waals surface area (Å²) in [4.78, 5) is 19.1. The van der Waals surface area contributed by atoms with Gasteiger partial charge in [-0.3, -0.25) is 9.30 Å². The van der Waals surface area contributed by atoms with Crippen molar-refractivity contribution in [2.24, 2.45) is 0 Å². The number of anilines is 2. The Morgan fingerprint density at radius 2 is 1.89 bits per heavy atom. The maximum Gasteiger partial charge on any atom is 0.212 e. The minimum Gasteiger partial charge on any atom is -0.392 e. The highest BCUT2D eigenvalue weighted by Crippen LogP contribution is 2.35. The van der Waals surface area contributed by atoms with Crippen molar-refractivity contribution in [1.82, 2.24) is 24.3 Å². The van der Waals surface area contributed by atoms with E-state index in [4.69, 9.17) is 4.98 Å². The third-order valence-corrected chi connectivity index (χ3v) is 7.20. The molecule has 1 aromatic carbocycles. The van der Waals surface area contributed by atoms with E-state index in [1.807, 2.05) is 43.7 Å². The highest BCUT2D eigenvalue weighted by atomic mass is 16.3. The number of benzene rings is 1. The number of piperazine rings is 1. The molecule has 2 saturated heterocycles. The zero-order valence-electron chi connectivity index (χ0n) is 20.1. The van der Waals surface area contributed by atoms with Gasteiger partial charge in [0.2, 0.25) is 5.95 Å². The van der Waals surface area contributed by atoms with E-state index in [0.717, 1.165) is 54.7 Å². The summed E-state index contributed by atoms with van der Waals surface area (Å²) >= 11 is 0. The summed E-state index contributed by atoms with van der Waals surface area (Å²) in [5.41, 5.74) is 4.00. The molecule has 180 valence electrons. The highest BCUT2D eigenvalue weighted by molar-refractivity contribution is 5.68. The molecule has 3 unspecified atom stereocenters. The van der Waals surface area contributed by atoms with Crippen molar-refractivity contribution in [1.29, 1.82) is 0 Å². The van der Waals surface area contributed by atoms with Crippen LogP contribution in [0.2, 0.25) is 0 Å². The summed E-state index contributed by atoms with van der Waals surface area (Å²) < 4.78 is 2.08. The van der Waals surface area contributed by atoms with Gasteiger partial charge in [-0.25, -0.2) is 15.0 Å². The van der Waals surface area contributed by atoms with Crippen molar-refractivity contribution in [2.45, 2.75) is 44.5 Å². The fourth-order valence-electron chi connectivity index (χ4n) is 5.53. The molecule has 6 rings (SSSR count). The lowest BCUT2D eigenvalue weighted by atomic mass is 10.1. The van der Waals surface area contributed by atoms with Crippen LogP contribution in [0.5, 0.6) is 0 Å². The van der Waals surface area contributed by atoms with Gasteiger partial charge in [-0.05, 0) is 38.0 Å². The molecule has 0 amide bonds. The Bertz CT molecular complexity index is 1320. The molecule has 2 aliphatic rings. The van der Waals surface area contributed by atoms with Gasteiger partial charge in [-0.2, -0.15) is 0 Å². The number of aliphatic hydroxyl groups is 1. The molecule has 0 spiro atoms. The fraction of sp³-hybridized carbons (Fsp3) is 0.370. The van der Waals surface area contributed by atoms with Gasteiger partial charge in [-0.15, -0.1) is 0 Å². The number of nitrogens with zero attached hydrogens (tertiary/aromatic N) is 6. The van der Waals surface area contributed by atoms with Gasteiger partial charge < -0.3 is 15.3 Å². The van der Waals surface area contributed by atoms with Gasteiger partial charge in [0.15, 0.2) is 0 Å². The second-order valence-electron chi connectivity index (χ2n) is 9.80. The molecule has 5 heterocycles. The SMILES string of the molecule is CC(O)CN1CC2CC1CN2c1nc(-c2ccnc(N[C@@H](C)c3ccccc3)c2)cc2nccn12. The van der Waals surface area contributed by atoms with Crippen molar-refractivity contribution in [3.63, 3.8) is 0 Å². The molecule has 3 aromatic heterocycles. The zero-order valence-corrected chi connectivity index (χ0v) is 20.1. The second kappa shape index (κ2) is 8.94. The fourth-order valence-corrected chi connectivity index (χ4v) is 5.53. The Balaban J connectivity index is 1.29. The van der Waals surface area contributed by atoms with Crippen molar-refractivity contribution in [3.05, 3.63) is 72.7 Å². The van der Waals surface area contributed by atoms with Gasteiger partial charge in [-0.1, -0.05) is 30.3 Å². The minimum atomic E-state index is -0.302. The van der Waals surface area contributed by atoms with Crippen LogP contribution in [0.25, 0.3) is 16.9 Å². The number of aromatic nitrogens is 4. The van der Waals surface area contributed by atoms with Crippen LogP contribution in [0, 0.1) is 0 Å². The summed E-state index contributed by atoms with van der Waals surface area (Å²) in [7, 11) is 0. The Kier molecular flexibility index (Phi) is 5.62. The lowest BCUT2D eigenvalue weighted by molar-refractivity contribution is 0.115.